The monoisotopic (exact) mass is 900 g/mol. The molecule has 346 valence electrons. The predicted octanol–water partition coefficient (Wildman–Crippen LogP) is -0.557. The highest BCUT2D eigenvalue weighted by molar-refractivity contribution is 6.01. The fraction of sp³-hybridized carbons (Fsp3) is 0.652. The quantitative estimate of drug-likeness (QED) is 0.163. The number of esters is 2. The highest BCUT2D eigenvalue weighted by atomic mass is 16.6. The molecule has 2 amide bonds. The maximum absolute atomic E-state index is 14.9. The number of methoxy groups -OCH3 is 4. The number of piperidine rings is 2. The standard InChI is InChI=1S/C46H52N4O15/c1-61-35(55)45(59)33(53)39-15-17-41(45)43(21-9-5-7-11-23(21)49(41)37(57)63-3)27-28-30(65-29(27)47(31(39)43)19-13-25(39)51)48-20-14-26(52)40-16-18-42(46(60,34(40)54)36(56)62-2)44(28,32(40)48)22-10-6-8-12-24(22)50(42)38(58)64-4/h5-12,25-34,51-54,59-60H,13-20H2,1-4H3/t25-,26-,27+,28+,29-,30-,31-,32-,33-,34-,39+,40+,41-,42+,43-,44-,45+,46+/m0/s1. The van der Waals surface area contributed by atoms with Crippen molar-refractivity contribution in [2.24, 2.45) is 22.7 Å². The van der Waals surface area contributed by atoms with Crippen LogP contribution < -0.4 is 9.80 Å². The van der Waals surface area contributed by atoms with E-state index >= 15 is 0 Å². The second-order valence-corrected chi connectivity index (χ2v) is 20.5. The normalized spacial score (nSPS) is 50.6. The van der Waals surface area contributed by atoms with Crippen LogP contribution in [0.5, 0.6) is 0 Å². The number of hydrogen-bond donors (Lipinski definition) is 6. The van der Waals surface area contributed by atoms with E-state index < -0.39 is 129 Å². The van der Waals surface area contributed by atoms with Crippen LogP contribution in [0.4, 0.5) is 21.0 Å². The van der Waals surface area contributed by atoms with Crippen molar-refractivity contribution in [3.05, 3.63) is 59.7 Å². The van der Waals surface area contributed by atoms with Gasteiger partial charge in [0.1, 0.15) is 35.7 Å². The molecule has 6 aliphatic carbocycles. The van der Waals surface area contributed by atoms with Crippen LogP contribution >= 0.6 is 0 Å². The summed E-state index contributed by atoms with van der Waals surface area (Å²) in [5, 5.41) is 78.8. The summed E-state index contributed by atoms with van der Waals surface area (Å²) in [6, 6.07) is 12.2. The van der Waals surface area contributed by atoms with Crippen molar-refractivity contribution in [1.82, 2.24) is 9.80 Å². The molecule has 4 bridgehead atoms. The van der Waals surface area contributed by atoms with Crippen LogP contribution in [0.15, 0.2) is 48.5 Å². The first-order chi connectivity index (χ1) is 31.1. The van der Waals surface area contributed by atoms with E-state index in [4.69, 9.17) is 23.7 Å². The number of para-hydroxylation sites is 2. The van der Waals surface area contributed by atoms with Crippen molar-refractivity contribution in [3.63, 3.8) is 0 Å². The van der Waals surface area contributed by atoms with Gasteiger partial charge in [0.2, 0.25) is 11.2 Å². The number of rotatable bonds is 2. The number of hydrogen-bond acceptors (Lipinski definition) is 17. The fourth-order valence-electron chi connectivity index (χ4n) is 18.9. The van der Waals surface area contributed by atoms with Gasteiger partial charge < -0.3 is 54.3 Å². The highest BCUT2D eigenvalue weighted by Crippen LogP contribution is 2.86. The molecule has 0 radical (unpaired) electrons. The summed E-state index contributed by atoms with van der Waals surface area (Å²) >= 11 is 0. The van der Waals surface area contributed by atoms with Crippen LogP contribution in [0.2, 0.25) is 0 Å². The largest absolute Gasteiger partial charge is 0.467 e. The lowest BCUT2D eigenvalue weighted by molar-refractivity contribution is -0.311. The molecule has 6 spiro atoms. The molecule has 18 atom stereocenters. The third-order valence-corrected chi connectivity index (χ3v) is 20.0. The summed E-state index contributed by atoms with van der Waals surface area (Å²) in [6.07, 6.45) is -10.2. The van der Waals surface area contributed by atoms with Crippen LogP contribution in [-0.4, -0.2) is 177 Å². The van der Waals surface area contributed by atoms with E-state index in [1.165, 1.54) is 24.0 Å². The van der Waals surface area contributed by atoms with E-state index in [1.807, 2.05) is 12.1 Å². The van der Waals surface area contributed by atoms with E-state index in [0.29, 0.717) is 22.5 Å². The Morgan fingerprint density at radius 2 is 0.969 bits per heavy atom. The van der Waals surface area contributed by atoms with Crippen LogP contribution in [0.3, 0.4) is 0 Å². The van der Waals surface area contributed by atoms with E-state index in [1.54, 1.807) is 36.4 Å². The van der Waals surface area contributed by atoms with Gasteiger partial charge in [-0.2, -0.15) is 0 Å². The summed E-state index contributed by atoms with van der Waals surface area (Å²) in [7, 11) is 4.56. The topological polar surface area (TPSA) is 249 Å². The summed E-state index contributed by atoms with van der Waals surface area (Å²) < 4.78 is 29.7. The Hall–Kier alpha value is -4.44. The molecule has 6 N–H and O–H groups in total. The predicted molar refractivity (Wildman–Crippen MR) is 219 cm³/mol. The first kappa shape index (κ1) is 40.8. The van der Waals surface area contributed by atoms with Gasteiger partial charge in [-0.05, 0) is 61.8 Å². The van der Waals surface area contributed by atoms with Crippen molar-refractivity contribution < 1.29 is 73.5 Å². The molecular weight excluding hydrogens is 849 g/mol. The van der Waals surface area contributed by atoms with Gasteiger partial charge in [0.15, 0.2) is 0 Å². The zero-order valence-corrected chi connectivity index (χ0v) is 36.2. The lowest BCUT2D eigenvalue weighted by Gasteiger charge is -2.76. The van der Waals surface area contributed by atoms with Gasteiger partial charge in [-0.1, -0.05) is 36.4 Å². The minimum atomic E-state index is -2.93. The molecule has 5 saturated heterocycles. The van der Waals surface area contributed by atoms with Gasteiger partial charge in [0, 0.05) is 58.7 Å². The maximum atomic E-state index is 14.9. The second-order valence-electron chi connectivity index (χ2n) is 20.5. The Labute approximate surface area is 372 Å². The molecule has 11 fully saturated rings. The number of carbonyl (C=O) groups excluding carboxylic acids is 4. The summed E-state index contributed by atoms with van der Waals surface area (Å²) in [5.74, 6) is -4.42. The average molecular weight is 901 g/mol. The first-order valence-corrected chi connectivity index (χ1v) is 22.6. The Kier molecular flexibility index (Phi) is 7.52. The molecule has 15 rings (SSSR count). The van der Waals surface area contributed by atoms with Gasteiger partial charge in [0.05, 0.1) is 52.0 Å². The summed E-state index contributed by atoms with van der Waals surface area (Å²) in [4.78, 5) is 66.3. The SMILES string of the molecule is COC(=O)N1c2ccccc2[C@@]23[C@@H]4[C@@H]5[C@H](O[C@@H]4N4CC[C@H](O)[C@]6(CC[C@]12[C@](O)(C(=O)OC)[C@H]6O)[C@H]43)N1CC[C@H](O)[C@]23CC[C@]4(N(C(=O)OC)c6ccccc6[C@@]54[C@@H]12)[C@](O)(C(=O)OC)[C@H]3O. The zero-order valence-electron chi connectivity index (χ0n) is 36.2. The van der Waals surface area contributed by atoms with Crippen LogP contribution in [-0.2, 0) is 44.1 Å². The van der Waals surface area contributed by atoms with Crippen molar-refractivity contribution in [3.8, 4) is 0 Å². The second kappa shape index (κ2) is 12.0. The van der Waals surface area contributed by atoms with Gasteiger partial charge >= 0.3 is 24.1 Å². The van der Waals surface area contributed by atoms with E-state index in [-0.39, 0.29) is 51.6 Å². The molecule has 0 unspecified atom stereocenters. The first-order valence-electron chi connectivity index (χ1n) is 22.6. The lowest BCUT2D eigenvalue weighted by atomic mass is 9.30. The van der Waals surface area contributed by atoms with Gasteiger partial charge in [-0.15, -0.1) is 0 Å². The van der Waals surface area contributed by atoms with Crippen molar-refractivity contribution >= 4 is 35.5 Å². The fourth-order valence-corrected chi connectivity index (χ4v) is 18.9. The number of fused-ring (bicyclic) bond motifs is 11. The molecule has 19 nitrogen and oxygen atoms in total. The van der Waals surface area contributed by atoms with Crippen molar-refractivity contribution in [2.45, 2.75) is 121 Å². The lowest BCUT2D eigenvalue weighted by Crippen LogP contribution is -2.94. The molecular formula is C46H52N4O15. The minimum absolute atomic E-state index is 0.0545. The van der Waals surface area contributed by atoms with Gasteiger partial charge in [0.25, 0.3) is 0 Å². The average Bonchev–Trinajstić information content (AvgIpc) is 4.08. The third kappa shape index (κ3) is 3.38. The Morgan fingerprint density at radius 1 is 0.585 bits per heavy atom. The maximum Gasteiger partial charge on any atom is 0.414 e. The number of aliphatic hydroxyl groups excluding tert-OH is 4. The van der Waals surface area contributed by atoms with Crippen molar-refractivity contribution in [2.75, 3.05) is 51.3 Å². The minimum Gasteiger partial charge on any atom is -0.467 e. The molecule has 2 aromatic carbocycles. The van der Waals surface area contributed by atoms with E-state index in [9.17, 15) is 49.8 Å². The van der Waals surface area contributed by atoms with Gasteiger partial charge in [-0.25, -0.2) is 19.2 Å². The smallest absolute Gasteiger partial charge is 0.414 e. The number of benzene rings is 2. The Morgan fingerprint density at radius 3 is 1.34 bits per heavy atom. The molecule has 13 aliphatic rings. The highest BCUT2D eigenvalue weighted by Gasteiger charge is 3.00. The van der Waals surface area contributed by atoms with E-state index in [2.05, 4.69) is 9.80 Å². The zero-order chi connectivity index (χ0) is 45.6. The molecule has 7 heterocycles. The van der Waals surface area contributed by atoms with Crippen LogP contribution in [0.1, 0.15) is 49.7 Å². The number of amides is 2. The molecule has 0 aromatic heterocycles. The molecule has 6 saturated carbocycles. The Balaban J connectivity index is 1.22. The Bertz CT molecular complexity index is 2380. The van der Waals surface area contributed by atoms with E-state index in [0.717, 1.165) is 14.2 Å². The van der Waals surface area contributed by atoms with Crippen LogP contribution in [0.25, 0.3) is 0 Å². The summed E-state index contributed by atoms with van der Waals surface area (Å²) in [6.45, 7) is 0.464. The molecule has 19 heteroatoms. The molecule has 2 aromatic rings. The number of nitrogens with zero attached hydrogens (tertiary/aromatic N) is 4. The number of anilines is 2. The summed E-state index contributed by atoms with van der Waals surface area (Å²) in [5.41, 5.74) is -15.1. The molecule has 65 heavy (non-hydrogen) atoms. The van der Waals surface area contributed by atoms with Crippen molar-refractivity contribution in [1.29, 1.82) is 0 Å². The molecule has 7 aliphatic heterocycles. The van der Waals surface area contributed by atoms with Gasteiger partial charge in [-0.3, -0.25) is 19.6 Å². The third-order valence-electron chi connectivity index (χ3n) is 20.0. The number of aliphatic hydroxyl groups is 6. The number of carbonyl (C=O) groups is 4. The number of ether oxygens (including phenoxy) is 5. The van der Waals surface area contributed by atoms with Crippen LogP contribution in [0, 0.1) is 22.7 Å².